The van der Waals surface area contributed by atoms with E-state index in [2.05, 4.69) is 20.3 Å². The van der Waals surface area contributed by atoms with Crippen LogP contribution in [0.25, 0.3) is 0 Å². The molecule has 0 radical (unpaired) electrons. The van der Waals surface area contributed by atoms with Crippen LogP contribution in [-0.4, -0.2) is 32.6 Å². The van der Waals surface area contributed by atoms with E-state index in [0.717, 1.165) is 6.42 Å². The fourth-order valence-electron chi connectivity index (χ4n) is 1.57. The number of hydrogen-bond acceptors (Lipinski definition) is 7. The molecule has 7 nitrogen and oxygen atoms in total. The molecule has 0 aliphatic rings. The molecule has 1 atom stereocenters. The Hall–Kier alpha value is -2.22. The van der Waals surface area contributed by atoms with E-state index in [-0.39, 0.29) is 11.7 Å². The molecule has 21 heavy (non-hydrogen) atoms. The zero-order chi connectivity index (χ0) is 15.2. The molecule has 0 spiro atoms. The number of nitrogens with zero attached hydrogens (tertiary/aromatic N) is 3. The summed E-state index contributed by atoms with van der Waals surface area (Å²) in [6, 6.07) is 1.55. The Bertz CT molecular complexity index is 617. The van der Waals surface area contributed by atoms with Crippen LogP contribution < -0.4 is 10.1 Å². The van der Waals surface area contributed by atoms with Gasteiger partial charge in [-0.2, -0.15) is 0 Å². The van der Waals surface area contributed by atoms with Crippen molar-refractivity contribution in [1.82, 2.24) is 15.0 Å². The molecule has 2 heterocycles. The number of thiazole rings is 1. The molecule has 2 aromatic rings. The lowest BCUT2D eigenvalue weighted by molar-refractivity contribution is 0.0691. The molecule has 0 fully saturated rings. The first-order chi connectivity index (χ1) is 10.1. The maximum absolute atomic E-state index is 10.8. The van der Waals surface area contributed by atoms with Crippen LogP contribution in [0.1, 0.15) is 41.8 Å². The molecule has 0 aromatic carbocycles. The molecule has 0 saturated heterocycles. The Morgan fingerprint density at radius 2 is 2.33 bits per heavy atom. The van der Waals surface area contributed by atoms with Crippen molar-refractivity contribution in [2.75, 3.05) is 11.9 Å². The summed E-state index contributed by atoms with van der Waals surface area (Å²) < 4.78 is 5.44. The number of carboxylic acid groups (broad SMARTS) is 1. The molecule has 0 amide bonds. The van der Waals surface area contributed by atoms with E-state index in [1.54, 1.807) is 6.07 Å². The fraction of sp³-hybridized carbons (Fsp3) is 0.385. The van der Waals surface area contributed by atoms with E-state index in [0.29, 0.717) is 23.3 Å². The minimum absolute atomic E-state index is 0.0540. The summed E-state index contributed by atoms with van der Waals surface area (Å²) in [5.74, 6) is 0.0876. The Morgan fingerprint density at radius 1 is 1.52 bits per heavy atom. The van der Waals surface area contributed by atoms with E-state index >= 15 is 0 Å². The number of carboxylic acids is 1. The van der Waals surface area contributed by atoms with Gasteiger partial charge in [0, 0.05) is 11.4 Å². The van der Waals surface area contributed by atoms with Crippen LogP contribution in [0, 0.1) is 0 Å². The second-order valence-electron chi connectivity index (χ2n) is 4.33. The summed E-state index contributed by atoms with van der Waals surface area (Å²) in [7, 11) is 0. The molecular weight excluding hydrogens is 292 g/mol. The van der Waals surface area contributed by atoms with Gasteiger partial charge in [-0.3, -0.25) is 0 Å². The van der Waals surface area contributed by atoms with Gasteiger partial charge >= 0.3 is 5.97 Å². The summed E-state index contributed by atoms with van der Waals surface area (Å²) in [6.07, 6.45) is 2.32. The lowest BCUT2D eigenvalue weighted by Gasteiger charge is -2.12. The predicted octanol–water partition coefficient (Wildman–Crippen LogP) is 2.59. The van der Waals surface area contributed by atoms with Crippen LogP contribution in [0.15, 0.2) is 17.8 Å². The highest BCUT2D eigenvalue weighted by Crippen LogP contribution is 2.22. The lowest BCUT2D eigenvalue weighted by Crippen LogP contribution is -2.09. The molecule has 112 valence electrons. The van der Waals surface area contributed by atoms with E-state index in [9.17, 15) is 4.79 Å². The summed E-state index contributed by atoms with van der Waals surface area (Å²) in [5, 5.41) is 14.2. The minimum atomic E-state index is -1.03. The van der Waals surface area contributed by atoms with Gasteiger partial charge in [0.1, 0.15) is 17.2 Å². The number of carbonyl (C=O) groups is 1. The van der Waals surface area contributed by atoms with Crippen LogP contribution in [0.3, 0.4) is 0 Å². The van der Waals surface area contributed by atoms with Crippen molar-refractivity contribution in [1.29, 1.82) is 0 Å². The van der Waals surface area contributed by atoms with Crippen molar-refractivity contribution >= 4 is 23.1 Å². The number of rotatable bonds is 7. The number of hydrogen-bond donors (Lipinski definition) is 2. The zero-order valence-electron chi connectivity index (χ0n) is 11.7. The van der Waals surface area contributed by atoms with E-state index in [4.69, 9.17) is 9.84 Å². The average Bonchev–Trinajstić information content (AvgIpc) is 2.95. The van der Waals surface area contributed by atoms with Crippen molar-refractivity contribution in [2.45, 2.75) is 26.3 Å². The Morgan fingerprint density at radius 3 is 3.00 bits per heavy atom. The second kappa shape index (κ2) is 6.98. The first kappa shape index (κ1) is 15.2. The van der Waals surface area contributed by atoms with Gasteiger partial charge < -0.3 is 15.2 Å². The maximum Gasteiger partial charge on any atom is 0.355 e. The standard InChI is InChI=1S/C13H16N4O3S/c1-3-4-20-11-5-10(14-7-15-11)16-8(2)12-17-9(6-21-12)13(18)19/h5-8H,3-4H2,1-2H3,(H,18,19)(H,14,15,16). The number of aromatic carboxylic acids is 1. The van der Waals surface area contributed by atoms with Crippen molar-refractivity contribution < 1.29 is 14.6 Å². The quantitative estimate of drug-likeness (QED) is 0.811. The molecule has 1 unspecified atom stereocenters. The topological polar surface area (TPSA) is 97.2 Å². The Kier molecular flexibility index (Phi) is 5.04. The highest BCUT2D eigenvalue weighted by atomic mass is 32.1. The van der Waals surface area contributed by atoms with Gasteiger partial charge in [0.25, 0.3) is 0 Å². The van der Waals surface area contributed by atoms with Crippen LogP contribution in [-0.2, 0) is 0 Å². The van der Waals surface area contributed by atoms with Crippen LogP contribution in [0.4, 0.5) is 5.82 Å². The maximum atomic E-state index is 10.8. The molecular formula is C13H16N4O3S. The van der Waals surface area contributed by atoms with Crippen LogP contribution >= 0.6 is 11.3 Å². The first-order valence-electron chi connectivity index (χ1n) is 6.50. The largest absolute Gasteiger partial charge is 0.478 e. The molecule has 8 heteroatoms. The van der Waals surface area contributed by atoms with Crippen molar-refractivity contribution in [2.24, 2.45) is 0 Å². The third kappa shape index (κ3) is 4.12. The van der Waals surface area contributed by atoms with Gasteiger partial charge in [0.15, 0.2) is 5.69 Å². The normalized spacial score (nSPS) is 11.9. The minimum Gasteiger partial charge on any atom is -0.478 e. The Labute approximate surface area is 126 Å². The van der Waals surface area contributed by atoms with Crippen molar-refractivity contribution in [3.05, 3.63) is 28.5 Å². The number of aromatic nitrogens is 3. The van der Waals surface area contributed by atoms with E-state index < -0.39 is 5.97 Å². The van der Waals surface area contributed by atoms with Crippen molar-refractivity contribution in [3.63, 3.8) is 0 Å². The smallest absolute Gasteiger partial charge is 0.355 e. The summed E-state index contributed by atoms with van der Waals surface area (Å²) in [5.41, 5.74) is 0.0540. The van der Waals surface area contributed by atoms with Crippen LogP contribution in [0.2, 0.25) is 0 Å². The first-order valence-corrected chi connectivity index (χ1v) is 7.38. The molecule has 0 saturated carbocycles. The summed E-state index contributed by atoms with van der Waals surface area (Å²) in [6.45, 7) is 4.50. The molecule has 2 rings (SSSR count). The predicted molar refractivity (Wildman–Crippen MR) is 78.9 cm³/mol. The van der Waals surface area contributed by atoms with Crippen LogP contribution in [0.5, 0.6) is 5.88 Å². The molecule has 0 aliphatic carbocycles. The molecule has 0 bridgehead atoms. The zero-order valence-corrected chi connectivity index (χ0v) is 12.6. The molecule has 2 N–H and O–H groups in total. The third-order valence-corrected chi connectivity index (χ3v) is 3.60. The monoisotopic (exact) mass is 308 g/mol. The average molecular weight is 308 g/mol. The summed E-state index contributed by atoms with van der Waals surface area (Å²) >= 11 is 1.29. The highest BCUT2D eigenvalue weighted by Gasteiger charge is 2.14. The van der Waals surface area contributed by atoms with Gasteiger partial charge in [0.2, 0.25) is 5.88 Å². The third-order valence-electron chi connectivity index (χ3n) is 2.57. The summed E-state index contributed by atoms with van der Waals surface area (Å²) in [4.78, 5) is 23.0. The van der Waals surface area contributed by atoms with Crippen molar-refractivity contribution in [3.8, 4) is 5.88 Å². The molecule has 2 aromatic heterocycles. The molecule has 0 aliphatic heterocycles. The SMILES string of the molecule is CCCOc1cc(NC(C)c2nc(C(=O)O)cs2)ncn1. The number of anilines is 1. The van der Waals surface area contributed by atoms with E-state index in [1.165, 1.54) is 23.0 Å². The van der Waals surface area contributed by atoms with Gasteiger partial charge in [-0.25, -0.2) is 19.7 Å². The Balaban J connectivity index is 2.04. The van der Waals surface area contributed by atoms with Gasteiger partial charge in [0.05, 0.1) is 12.6 Å². The second-order valence-corrected chi connectivity index (χ2v) is 5.22. The highest BCUT2D eigenvalue weighted by molar-refractivity contribution is 7.09. The fourth-order valence-corrected chi connectivity index (χ4v) is 2.37. The lowest BCUT2D eigenvalue weighted by atomic mass is 10.3. The van der Waals surface area contributed by atoms with E-state index in [1.807, 2.05) is 13.8 Å². The number of nitrogens with one attached hydrogen (secondary N) is 1. The van der Waals surface area contributed by atoms with Gasteiger partial charge in [-0.05, 0) is 13.3 Å². The van der Waals surface area contributed by atoms with Gasteiger partial charge in [-0.15, -0.1) is 11.3 Å². The number of ether oxygens (including phenoxy) is 1. The van der Waals surface area contributed by atoms with Gasteiger partial charge in [-0.1, -0.05) is 6.92 Å².